The lowest BCUT2D eigenvalue weighted by Crippen LogP contribution is -2.17. The molecule has 0 aliphatic rings. The van der Waals surface area contributed by atoms with E-state index in [9.17, 15) is 0 Å². The Kier molecular flexibility index (Phi) is 5.81. The third-order valence-electron chi connectivity index (χ3n) is 3.56. The second-order valence-electron chi connectivity index (χ2n) is 5.32. The Balaban J connectivity index is 1.85. The van der Waals surface area contributed by atoms with Gasteiger partial charge in [0.15, 0.2) is 0 Å². The van der Waals surface area contributed by atoms with Crippen LogP contribution < -0.4 is 5.32 Å². The van der Waals surface area contributed by atoms with Gasteiger partial charge in [0.2, 0.25) is 0 Å². The van der Waals surface area contributed by atoms with E-state index in [0.29, 0.717) is 6.04 Å². The highest BCUT2D eigenvalue weighted by Gasteiger charge is 2.07. The summed E-state index contributed by atoms with van der Waals surface area (Å²) in [5.41, 5.74) is 2.43. The van der Waals surface area contributed by atoms with Gasteiger partial charge >= 0.3 is 0 Å². The molecule has 108 valence electrons. The summed E-state index contributed by atoms with van der Waals surface area (Å²) in [7, 11) is 0. The van der Waals surface area contributed by atoms with Crippen molar-refractivity contribution in [3.63, 3.8) is 0 Å². The molecule has 1 aromatic heterocycles. The van der Waals surface area contributed by atoms with Crippen LogP contribution in [0.5, 0.6) is 0 Å². The first-order valence-corrected chi connectivity index (χ1v) is 7.61. The molecule has 0 aliphatic carbocycles. The lowest BCUT2D eigenvalue weighted by Gasteiger charge is -2.12. The number of aromatic nitrogens is 2. The second kappa shape index (κ2) is 7.85. The van der Waals surface area contributed by atoms with Gasteiger partial charge in [-0.15, -0.1) is 0 Å². The Morgan fingerprint density at radius 1 is 1.15 bits per heavy atom. The first-order chi connectivity index (χ1) is 9.81. The van der Waals surface area contributed by atoms with Gasteiger partial charge < -0.3 is 5.32 Å². The number of nitrogens with one attached hydrogen (secondary N) is 1. The summed E-state index contributed by atoms with van der Waals surface area (Å²) < 4.78 is 2.09. The van der Waals surface area contributed by atoms with E-state index in [2.05, 4.69) is 59.4 Å². The summed E-state index contributed by atoms with van der Waals surface area (Å²) in [5.74, 6) is 0. The van der Waals surface area contributed by atoms with Crippen molar-refractivity contribution >= 4 is 0 Å². The van der Waals surface area contributed by atoms with Gasteiger partial charge in [-0.25, -0.2) is 0 Å². The van der Waals surface area contributed by atoms with Crippen LogP contribution in [0.25, 0.3) is 11.1 Å². The molecule has 0 fully saturated rings. The zero-order valence-electron chi connectivity index (χ0n) is 12.5. The van der Waals surface area contributed by atoms with Gasteiger partial charge in [-0.05, 0) is 44.8 Å². The molecule has 0 saturated carbocycles. The lowest BCUT2D eigenvalue weighted by molar-refractivity contribution is 0.439. The molecule has 1 aromatic carbocycles. The van der Waals surface area contributed by atoms with Crippen molar-refractivity contribution in [1.82, 2.24) is 15.1 Å². The van der Waals surface area contributed by atoms with E-state index >= 15 is 0 Å². The predicted molar refractivity (Wildman–Crippen MR) is 84.8 cm³/mol. The van der Waals surface area contributed by atoms with Gasteiger partial charge in [-0.3, -0.25) is 4.68 Å². The van der Waals surface area contributed by atoms with Crippen molar-refractivity contribution in [2.24, 2.45) is 0 Å². The minimum atomic E-state index is 0.455. The summed E-state index contributed by atoms with van der Waals surface area (Å²) in [4.78, 5) is 0. The van der Waals surface area contributed by atoms with Crippen LogP contribution in [0.1, 0.15) is 39.2 Å². The maximum absolute atomic E-state index is 4.50. The summed E-state index contributed by atoms with van der Waals surface area (Å²) >= 11 is 0. The summed E-state index contributed by atoms with van der Waals surface area (Å²) in [6.45, 7) is 6.66. The van der Waals surface area contributed by atoms with Crippen LogP contribution in [-0.2, 0) is 0 Å². The van der Waals surface area contributed by atoms with Gasteiger partial charge in [0, 0.05) is 17.8 Å². The lowest BCUT2D eigenvalue weighted by atomic mass is 10.1. The first kappa shape index (κ1) is 14.8. The molecule has 1 atom stereocenters. The smallest absolute Gasteiger partial charge is 0.0568 e. The van der Waals surface area contributed by atoms with E-state index in [4.69, 9.17) is 0 Å². The molecule has 2 aromatic rings. The molecule has 1 N–H and O–H groups in total. The molecular formula is C17H25N3. The van der Waals surface area contributed by atoms with Crippen LogP contribution in [0.2, 0.25) is 0 Å². The molecule has 1 heterocycles. The van der Waals surface area contributed by atoms with E-state index in [1.54, 1.807) is 0 Å². The molecule has 0 spiro atoms. The fourth-order valence-corrected chi connectivity index (χ4v) is 2.32. The standard InChI is InChI=1S/C17H25N3/c1-3-11-18-12-7-8-15(2)20-14-17(13-19-20)16-9-5-4-6-10-16/h4-6,9-10,13-15,18H,3,7-8,11-12H2,1-2H3. The van der Waals surface area contributed by atoms with Crippen molar-refractivity contribution in [3.05, 3.63) is 42.7 Å². The molecule has 0 amide bonds. The summed E-state index contributed by atoms with van der Waals surface area (Å²) in [6, 6.07) is 10.9. The minimum Gasteiger partial charge on any atom is -0.317 e. The van der Waals surface area contributed by atoms with Gasteiger partial charge in [0.1, 0.15) is 0 Å². The van der Waals surface area contributed by atoms with Crippen molar-refractivity contribution in [1.29, 1.82) is 0 Å². The maximum Gasteiger partial charge on any atom is 0.0568 e. The molecule has 2 rings (SSSR count). The monoisotopic (exact) mass is 271 g/mol. The van der Waals surface area contributed by atoms with Gasteiger partial charge in [-0.1, -0.05) is 37.3 Å². The zero-order chi connectivity index (χ0) is 14.2. The average molecular weight is 271 g/mol. The van der Waals surface area contributed by atoms with Crippen molar-refractivity contribution in [2.45, 2.75) is 39.2 Å². The van der Waals surface area contributed by atoms with E-state index in [1.807, 2.05) is 12.3 Å². The van der Waals surface area contributed by atoms with Crippen molar-refractivity contribution in [2.75, 3.05) is 13.1 Å². The fourth-order valence-electron chi connectivity index (χ4n) is 2.32. The third kappa shape index (κ3) is 4.20. The van der Waals surface area contributed by atoms with Gasteiger partial charge in [0.05, 0.1) is 6.20 Å². The minimum absolute atomic E-state index is 0.455. The van der Waals surface area contributed by atoms with Crippen molar-refractivity contribution < 1.29 is 0 Å². The highest BCUT2D eigenvalue weighted by atomic mass is 15.3. The van der Waals surface area contributed by atoms with Gasteiger partial charge in [-0.2, -0.15) is 5.10 Å². The van der Waals surface area contributed by atoms with Crippen molar-refractivity contribution in [3.8, 4) is 11.1 Å². The van der Waals surface area contributed by atoms with Crippen LogP contribution >= 0.6 is 0 Å². The molecule has 0 aliphatic heterocycles. The van der Waals surface area contributed by atoms with Crippen LogP contribution in [0.15, 0.2) is 42.7 Å². The Labute approximate surface area is 122 Å². The highest BCUT2D eigenvalue weighted by molar-refractivity contribution is 5.61. The molecule has 0 radical (unpaired) electrons. The second-order valence-corrected chi connectivity index (χ2v) is 5.32. The number of rotatable bonds is 8. The Hall–Kier alpha value is -1.61. The number of nitrogens with zero attached hydrogens (tertiary/aromatic N) is 2. The topological polar surface area (TPSA) is 29.9 Å². The average Bonchev–Trinajstić information content (AvgIpc) is 2.98. The molecule has 20 heavy (non-hydrogen) atoms. The maximum atomic E-state index is 4.50. The van der Waals surface area contributed by atoms with Crippen LogP contribution in [0.4, 0.5) is 0 Å². The zero-order valence-corrected chi connectivity index (χ0v) is 12.5. The largest absolute Gasteiger partial charge is 0.317 e. The van der Waals surface area contributed by atoms with E-state index in [-0.39, 0.29) is 0 Å². The molecule has 0 saturated heterocycles. The molecular weight excluding hydrogens is 246 g/mol. The van der Waals surface area contributed by atoms with Crippen LogP contribution in [-0.4, -0.2) is 22.9 Å². The fraction of sp³-hybridized carbons (Fsp3) is 0.471. The molecule has 3 heteroatoms. The number of benzene rings is 1. The summed E-state index contributed by atoms with van der Waals surface area (Å²) in [6.07, 6.45) is 7.67. The third-order valence-corrected chi connectivity index (χ3v) is 3.56. The van der Waals surface area contributed by atoms with E-state index in [1.165, 1.54) is 24.0 Å². The van der Waals surface area contributed by atoms with Crippen LogP contribution in [0, 0.1) is 0 Å². The predicted octanol–water partition coefficient (Wildman–Crippen LogP) is 3.89. The van der Waals surface area contributed by atoms with Crippen LogP contribution in [0.3, 0.4) is 0 Å². The first-order valence-electron chi connectivity index (χ1n) is 7.61. The molecule has 1 unspecified atom stereocenters. The van der Waals surface area contributed by atoms with E-state index in [0.717, 1.165) is 19.5 Å². The number of hydrogen-bond donors (Lipinski definition) is 1. The Bertz CT molecular complexity index is 490. The SMILES string of the molecule is CCCNCCCC(C)n1cc(-c2ccccc2)cn1. The normalized spacial score (nSPS) is 12.5. The van der Waals surface area contributed by atoms with E-state index < -0.39 is 0 Å². The molecule has 0 bridgehead atoms. The quantitative estimate of drug-likeness (QED) is 0.738. The molecule has 3 nitrogen and oxygen atoms in total. The summed E-state index contributed by atoms with van der Waals surface area (Å²) in [5, 5.41) is 7.95. The number of hydrogen-bond acceptors (Lipinski definition) is 2. The Morgan fingerprint density at radius 3 is 2.70 bits per heavy atom. The Morgan fingerprint density at radius 2 is 1.95 bits per heavy atom. The highest BCUT2D eigenvalue weighted by Crippen LogP contribution is 2.20. The van der Waals surface area contributed by atoms with Gasteiger partial charge in [0.25, 0.3) is 0 Å².